The van der Waals surface area contributed by atoms with E-state index in [2.05, 4.69) is 31.3 Å². The topological polar surface area (TPSA) is 59.8 Å². The Morgan fingerprint density at radius 1 is 1.22 bits per heavy atom. The number of carbonyl (C=O) groups excluding carboxylic acids is 1. The maximum absolute atomic E-state index is 12.5. The highest BCUT2D eigenvalue weighted by Crippen LogP contribution is 2.18. The first-order chi connectivity index (χ1) is 11.2. The fourth-order valence-electron chi connectivity index (χ4n) is 2.31. The van der Waals surface area contributed by atoms with Crippen molar-refractivity contribution in [2.45, 2.75) is 13.3 Å². The zero-order valence-electron chi connectivity index (χ0n) is 12.5. The lowest BCUT2D eigenvalue weighted by molar-refractivity contribution is 0.102. The Hall–Kier alpha value is -2.47. The predicted octanol–water partition coefficient (Wildman–Crippen LogP) is 3.84. The average molecular weight is 371 g/mol. The SMILES string of the molecule is CCc1c(C(=O)Nc2ccc(Br)cc2)cnn1-c1ccccn1. The summed E-state index contributed by atoms with van der Waals surface area (Å²) >= 11 is 3.38. The third-order valence-corrected chi connectivity index (χ3v) is 3.95. The smallest absolute Gasteiger partial charge is 0.259 e. The minimum atomic E-state index is -0.175. The van der Waals surface area contributed by atoms with E-state index in [4.69, 9.17) is 0 Å². The number of nitrogens with zero attached hydrogens (tertiary/aromatic N) is 3. The van der Waals surface area contributed by atoms with Crippen molar-refractivity contribution in [3.05, 3.63) is 70.6 Å². The molecule has 0 radical (unpaired) electrons. The summed E-state index contributed by atoms with van der Waals surface area (Å²) in [4.78, 5) is 16.8. The molecule has 0 atom stereocenters. The Balaban J connectivity index is 1.89. The second-order valence-corrected chi connectivity index (χ2v) is 5.83. The Morgan fingerprint density at radius 3 is 2.65 bits per heavy atom. The Labute approximate surface area is 142 Å². The molecule has 0 saturated heterocycles. The quantitative estimate of drug-likeness (QED) is 0.758. The minimum Gasteiger partial charge on any atom is -0.322 e. The van der Waals surface area contributed by atoms with Crippen molar-refractivity contribution in [3.63, 3.8) is 0 Å². The largest absolute Gasteiger partial charge is 0.322 e. The summed E-state index contributed by atoms with van der Waals surface area (Å²) in [5.74, 6) is 0.526. The molecule has 0 aliphatic rings. The lowest BCUT2D eigenvalue weighted by Crippen LogP contribution is -2.14. The van der Waals surface area contributed by atoms with Gasteiger partial charge < -0.3 is 5.32 Å². The molecule has 0 fully saturated rings. The van der Waals surface area contributed by atoms with Gasteiger partial charge in [0.25, 0.3) is 5.91 Å². The van der Waals surface area contributed by atoms with Crippen molar-refractivity contribution in [2.75, 3.05) is 5.32 Å². The van der Waals surface area contributed by atoms with Gasteiger partial charge in [-0.25, -0.2) is 9.67 Å². The van der Waals surface area contributed by atoms with Crippen molar-refractivity contribution < 1.29 is 4.79 Å². The van der Waals surface area contributed by atoms with Crippen molar-refractivity contribution in [2.24, 2.45) is 0 Å². The molecular formula is C17H15BrN4O. The molecule has 2 heterocycles. The summed E-state index contributed by atoms with van der Waals surface area (Å²) < 4.78 is 2.67. The molecule has 0 spiro atoms. The molecule has 0 aliphatic carbocycles. The zero-order valence-corrected chi connectivity index (χ0v) is 14.1. The fourth-order valence-corrected chi connectivity index (χ4v) is 2.58. The summed E-state index contributed by atoms with van der Waals surface area (Å²) in [6.07, 6.45) is 3.97. The molecule has 5 nitrogen and oxygen atoms in total. The summed E-state index contributed by atoms with van der Waals surface area (Å²) in [5, 5.41) is 7.21. The van der Waals surface area contributed by atoms with Crippen molar-refractivity contribution >= 4 is 27.5 Å². The van der Waals surface area contributed by atoms with Gasteiger partial charge in [0.05, 0.1) is 17.5 Å². The number of hydrogen-bond acceptors (Lipinski definition) is 3. The average Bonchev–Trinajstić information content (AvgIpc) is 3.02. The Kier molecular flexibility index (Phi) is 4.52. The molecule has 0 saturated carbocycles. The molecule has 0 bridgehead atoms. The van der Waals surface area contributed by atoms with Crippen LogP contribution in [0.4, 0.5) is 5.69 Å². The molecule has 6 heteroatoms. The Bertz CT molecular complexity index is 812. The number of aromatic nitrogens is 3. The van der Waals surface area contributed by atoms with Crippen LogP contribution in [-0.2, 0) is 6.42 Å². The maximum atomic E-state index is 12.5. The third kappa shape index (κ3) is 3.32. The van der Waals surface area contributed by atoms with Crippen LogP contribution in [0.25, 0.3) is 5.82 Å². The third-order valence-electron chi connectivity index (χ3n) is 3.42. The van der Waals surface area contributed by atoms with Crippen LogP contribution in [-0.4, -0.2) is 20.7 Å². The molecule has 3 rings (SSSR count). The van der Waals surface area contributed by atoms with E-state index in [-0.39, 0.29) is 5.91 Å². The second kappa shape index (κ2) is 6.75. The molecule has 23 heavy (non-hydrogen) atoms. The van der Waals surface area contributed by atoms with E-state index in [1.54, 1.807) is 17.1 Å². The number of amides is 1. The highest BCUT2D eigenvalue weighted by molar-refractivity contribution is 9.10. The number of halogens is 1. The lowest BCUT2D eigenvalue weighted by Gasteiger charge is -2.08. The summed E-state index contributed by atoms with van der Waals surface area (Å²) in [5.41, 5.74) is 2.13. The van der Waals surface area contributed by atoms with Gasteiger partial charge in [-0.05, 0) is 42.8 Å². The molecular weight excluding hydrogens is 356 g/mol. The second-order valence-electron chi connectivity index (χ2n) is 4.92. The normalized spacial score (nSPS) is 10.5. The molecule has 0 aliphatic heterocycles. The molecule has 1 N–H and O–H groups in total. The first kappa shape index (κ1) is 15.4. The van der Waals surface area contributed by atoms with Crippen LogP contribution in [0, 0.1) is 0 Å². The number of hydrogen-bond donors (Lipinski definition) is 1. The van der Waals surface area contributed by atoms with Crippen LogP contribution in [0.15, 0.2) is 59.3 Å². The molecule has 2 aromatic heterocycles. The summed E-state index contributed by atoms with van der Waals surface area (Å²) in [6, 6.07) is 13.1. The first-order valence-electron chi connectivity index (χ1n) is 7.24. The summed E-state index contributed by atoms with van der Waals surface area (Å²) in [7, 11) is 0. The molecule has 0 unspecified atom stereocenters. The van der Waals surface area contributed by atoms with Gasteiger partial charge in [0.2, 0.25) is 0 Å². The van der Waals surface area contributed by atoms with Crippen molar-refractivity contribution in [1.82, 2.24) is 14.8 Å². The standard InChI is InChI=1S/C17H15BrN4O/c1-2-15-14(11-20-22(15)16-5-3-4-10-19-16)17(23)21-13-8-6-12(18)7-9-13/h3-11H,2H2,1H3,(H,21,23). The van der Waals surface area contributed by atoms with E-state index in [9.17, 15) is 4.79 Å². The molecule has 1 amide bonds. The predicted molar refractivity (Wildman–Crippen MR) is 92.8 cm³/mol. The van der Waals surface area contributed by atoms with Gasteiger partial charge in [-0.15, -0.1) is 0 Å². The van der Waals surface area contributed by atoms with Gasteiger partial charge in [0.1, 0.15) is 0 Å². The van der Waals surface area contributed by atoms with Gasteiger partial charge in [-0.1, -0.05) is 28.9 Å². The van der Waals surface area contributed by atoms with Crippen LogP contribution in [0.2, 0.25) is 0 Å². The highest BCUT2D eigenvalue weighted by Gasteiger charge is 2.17. The highest BCUT2D eigenvalue weighted by atomic mass is 79.9. The number of anilines is 1. The molecule has 1 aromatic carbocycles. The summed E-state index contributed by atoms with van der Waals surface area (Å²) in [6.45, 7) is 1.99. The van der Waals surface area contributed by atoms with Crippen LogP contribution in [0.5, 0.6) is 0 Å². The number of benzene rings is 1. The van der Waals surface area contributed by atoms with Gasteiger partial charge in [-0.2, -0.15) is 5.10 Å². The number of carbonyl (C=O) groups is 1. The van der Waals surface area contributed by atoms with E-state index in [0.717, 1.165) is 15.9 Å². The van der Waals surface area contributed by atoms with Crippen LogP contribution in [0.1, 0.15) is 23.0 Å². The van der Waals surface area contributed by atoms with E-state index in [1.807, 2.05) is 49.4 Å². The van der Waals surface area contributed by atoms with Gasteiger partial charge >= 0.3 is 0 Å². The fraction of sp³-hybridized carbons (Fsp3) is 0.118. The van der Waals surface area contributed by atoms with E-state index in [1.165, 1.54) is 0 Å². The van der Waals surface area contributed by atoms with Crippen LogP contribution in [0.3, 0.4) is 0 Å². The van der Waals surface area contributed by atoms with Crippen LogP contribution >= 0.6 is 15.9 Å². The van der Waals surface area contributed by atoms with Gasteiger partial charge in [0.15, 0.2) is 5.82 Å². The lowest BCUT2D eigenvalue weighted by atomic mass is 10.2. The number of nitrogens with one attached hydrogen (secondary N) is 1. The van der Waals surface area contributed by atoms with E-state index >= 15 is 0 Å². The van der Waals surface area contributed by atoms with Gasteiger partial charge in [0, 0.05) is 16.4 Å². The van der Waals surface area contributed by atoms with E-state index < -0.39 is 0 Å². The first-order valence-corrected chi connectivity index (χ1v) is 8.03. The van der Waals surface area contributed by atoms with Crippen molar-refractivity contribution in [1.29, 1.82) is 0 Å². The molecule has 3 aromatic rings. The number of pyridine rings is 1. The molecule has 116 valence electrons. The Morgan fingerprint density at radius 2 is 2.00 bits per heavy atom. The number of rotatable bonds is 4. The van der Waals surface area contributed by atoms with Crippen LogP contribution < -0.4 is 5.32 Å². The zero-order chi connectivity index (χ0) is 16.2. The van der Waals surface area contributed by atoms with Crippen molar-refractivity contribution in [3.8, 4) is 5.82 Å². The minimum absolute atomic E-state index is 0.175. The monoisotopic (exact) mass is 370 g/mol. The maximum Gasteiger partial charge on any atom is 0.259 e. The van der Waals surface area contributed by atoms with E-state index in [0.29, 0.717) is 17.8 Å². The van der Waals surface area contributed by atoms with Gasteiger partial charge in [-0.3, -0.25) is 4.79 Å².